The van der Waals surface area contributed by atoms with E-state index in [-0.39, 0.29) is 23.9 Å². The van der Waals surface area contributed by atoms with Crippen LogP contribution in [0.25, 0.3) is 0 Å². The van der Waals surface area contributed by atoms with E-state index in [1.54, 1.807) is 30.3 Å². The normalized spacial score (nSPS) is 13.5. The Kier molecular flexibility index (Phi) is 11.1. The van der Waals surface area contributed by atoms with Crippen LogP contribution in [0.15, 0.2) is 42.5 Å². The number of halogens is 2. The van der Waals surface area contributed by atoms with Gasteiger partial charge < -0.3 is 10.2 Å². The summed E-state index contributed by atoms with van der Waals surface area (Å²) in [6.07, 6.45) is 2.12. The van der Waals surface area contributed by atoms with Crippen LogP contribution in [-0.2, 0) is 31.6 Å². The van der Waals surface area contributed by atoms with E-state index in [0.717, 1.165) is 22.5 Å². The Morgan fingerprint density at radius 1 is 1.00 bits per heavy atom. The van der Waals surface area contributed by atoms with Crippen molar-refractivity contribution in [2.75, 3.05) is 17.1 Å². The molecule has 10 heteroatoms. The lowest BCUT2D eigenvalue weighted by atomic mass is 9.87. The highest BCUT2D eigenvalue weighted by atomic mass is 35.5. The number of anilines is 1. The van der Waals surface area contributed by atoms with Crippen molar-refractivity contribution in [1.29, 1.82) is 0 Å². The van der Waals surface area contributed by atoms with Crippen LogP contribution >= 0.6 is 23.2 Å². The van der Waals surface area contributed by atoms with Crippen LogP contribution in [0.5, 0.6) is 0 Å². The molecule has 0 heterocycles. The van der Waals surface area contributed by atoms with Crippen LogP contribution in [0.4, 0.5) is 5.69 Å². The minimum Gasteiger partial charge on any atom is -0.352 e. The number of hydrogen-bond donors (Lipinski definition) is 1. The Morgan fingerprint density at radius 3 is 2.08 bits per heavy atom. The molecule has 2 rings (SSSR count). The Hall–Kier alpha value is -2.29. The molecule has 38 heavy (non-hydrogen) atoms. The molecule has 0 aromatic heterocycles. The molecule has 2 amide bonds. The predicted octanol–water partition coefficient (Wildman–Crippen LogP) is 5.78. The van der Waals surface area contributed by atoms with Crippen LogP contribution in [0.1, 0.15) is 65.5 Å². The summed E-state index contributed by atoms with van der Waals surface area (Å²) in [4.78, 5) is 28.4. The Balaban J connectivity index is 2.49. The largest absolute Gasteiger partial charge is 0.352 e. The molecule has 2 aromatic carbocycles. The highest BCUT2D eigenvalue weighted by Gasteiger charge is 2.32. The lowest BCUT2D eigenvalue weighted by molar-refractivity contribution is -0.140. The van der Waals surface area contributed by atoms with Crippen LogP contribution in [0.2, 0.25) is 10.0 Å². The summed E-state index contributed by atoms with van der Waals surface area (Å²) < 4.78 is 26.7. The van der Waals surface area contributed by atoms with E-state index in [1.165, 1.54) is 4.90 Å². The zero-order valence-corrected chi connectivity index (χ0v) is 25.5. The van der Waals surface area contributed by atoms with Crippen molar-refractivity contribution >= 4 is 50.7 Å². The monoisotopic (exact) mass is 583 g/mol. The van der Waals surface area contributed by atoms with Gasteiger partial charge in [0.2, 0.25) is 21.8 Å². The lowest BCUT2D eigenvalue weighted by Crippen LogP contribution is -2.53. The first-order valence-corrected chi connectivity index (χ1v) is 15.3. The van der Waals surface area contributed by atoms with Crippen molar-refractivity contribution in [3.8, 4) is 0 Å². The van der Waals surface area contributed by atoms with Gasteiger partial charge in [-0.2, -0.15) is 0 Å². The number of benzene rings is 2. The number of nitrogens with one attached hydrogen (secondary N) is 1. The van der Waals surface area contributed by atoms with Crippen LogP contribution in [-0.4, -0.2) is 50.0 Å². The Morgan fingerprint density at radius 2 is 1.61 bits per heavy atom. The molecule has 7 nitrogen and oxygen atoms in total. The molecular formula is C28H39Cl2N3O4S. The van der Waals surface area contributed by atoms with E-state index >= 15 is 0 Å². The molecule has 2 atom stereocenters. The Bertz CT molecular complexity index is 1230. The fraction of sp³-hybridized carbons (Fsp3) is 0.500. The maximum Gasteiger partial charge on any atom is 0.244 e. The highest BCUT2D eigenvalue weighted by Crippen LogP contribution is 2.27. The first-order chi connectivity index (χ1) is 17.6. The molecule has 0 bridgehead atoms. The molecule has 0 saturated carbocycles. The maximum atomic E-state index is 13.8. The van der Waals surface area contributed by atoms with E-state index in [0.29, 0.717) is 27.7 Å². The van der Waals surface area contributed by atoms with Crippen molar-refractivity contribution in [2.24, 2.45) is 0 Å². The van der Waals surface area contributed by atoms with Gasteiger partial charge in [0, 0.05) is 22.6 Å². The fourth-order valence-electron chi connectivity index (χ4n) is 3.94. The lowest BCUT2D eigenvalue weighted by Gasteiger charge is -2.33. The van der Waals surface area contributed by atoms with Crippen molar-refractivity contribution in [1.82, 2.24) is 10.2 Å². The number of hydrogen-bond acceptors (Lipinski definition) is 4. The van der Waals surface area contributed by atoms with Crippen molar-refractivity contribution in [3.63, 3.8) is 0 Å². The summed E-state index contributed by atoms with van der Waals surface area (Å²) in [5.74, 6) is -0.826. The third kappa shape index (κ3) is 8.61. The molecule has 0 spiro atoms. The summed E-state index contributed by atoms with van der Waals surface area (Å²) in [5, 5.41) is 3.74. The molecule has 0 aliphatic heterocycles. The molecule has 0 saturated heterocycles. The van der Waals surface area contributed by atoms with Gasteiger partial charge in [-0.25, -0.2) is 8.42 Å². The van der Waals surface area contributed by atoms with Gasteiger partial charge in [-0.15, -0.1) is 0 Å². The quantitative estimate of drug-likeness (QED) is 0.363. The summed E-state index contributed by atoms with van der Waals surface area (Å²) in [5.41, 5.74) is 1.89. The predicted molar refractivity (Wildman–Crippen MR) is 156 cm³/mol. The number of sulfonamides is 1. The van der Waals surface area contributed by atoms with Gasteiger partial charge in [0.25, 0.3) is 0 Å². The molecule has 0 aliphatic rings. The van der Waals surface area contributed by atoms with Gasteiger partial charge in [-0.05, 0) is 60.6 Å². The third-order valence-corrected chi connectivity index (χ3v) is 8.17. The van der Waals surface area contributed by atoms with Crippen molar-refractivity contribution < 1.29 is 18.0 Å². The average molecular weight is 585 g/mol. The average Bonchev–Trinajstić information content (AvgIpc) is 2.82. The zero-order valence-electron chi connectivity index (χ0n) is 23.2. The van der Waals surface area contributed by atoms with E-state index in [4.69, 9.17) is 23.2 Å². The molecular weight excluding hydrogens is 545 g/mol. The second-order valence-electron chi connectivity index (χ2n) is 10.6. The Labute approximate surface area is 237 Å². The second kappa shape index (κ2) is 13.2. The van der Waals surface area contributed by atoms with Crippen LogP contribution < -0.4 is 9.62 Å². The summed E-state index contributed by atoms with van der Waals surface area (Å²) in [7, 11) is -3.82. The summed E-state index contributed by atoms with van der Waals surface area (Å²) in [6, 6.07) is 11.1. The van der Waals surface area contributed by atoms with Gasteiger partial charge in [0.15, 0.2) is 0 Å². The molecule has 0 aliphatic carbocycles. The molecule has 0 fully saturated rings. The van der Waals surface area contributed by atoms with Crippen molar-refractivity contribution in [3.05, 3.63) is 63.6 Å². The molecule has 210 valence electrons. The van der Waals surface area contributed by atoms with Gasteiger partial charge in [0.05, 0.1) is 11.9 Å². The standard InChI is InChI=1S/C28H39Cl2N3O4S/c1-8-19(3)31-27(35)25(9-2)32(17-20-10-13-22(29)16-24(20)30)26(34)18-33(38(7,36)37)23-14-11-21(12-15-23)28(4,5)6/h10-16,19,25H,8-9,17-18H2,1-7H3,(H,31,35)/t19-,25+/m1/s1. The number of rotatable bonds is 11. The highest BCUT2D eigenvalue weighted by molar-refractivity contribution is 7.92. The van der Waals surface area contributed by atoms with E-state index < -0.39 is 28.5 Å². The number of carbonyl (C=O) groups excluding carboxylic acids is 2. The topological polar surface area (TPSA) is 86.8 Å². The number of carbonyl (C=O) groups is 2. The smallest absolute Gasteiger partial charge is 0.244 e. The second-order valence-corrected chi connectivity index (χ2v) is 13.3. The summed E-state index contributed by atoms with van der Waals surface area (Å²) in [6.45, 7) is 11.4. The van der Waals surface area contributed by atoms with Crippen LogP contribution in [0, 0.1) is 0 Å². The van der Waals surface area contributed by atoms with Crippen molar-refractivity contribution in [2.45, 2.75) is 78.4 Å². The first-order valence-electron chi connectivity index (χ1n) is 12.7. The zero-order chi connectivity index (χ0) is 28.8. The minimum atomic E-state index is -3.82. The first kappa shape index (κ1) is 31.9. The molecule has 0 radical (unpaired) electrons. The number of amides is 2. The minimum absolute atomic E-state index is 0.0157. The van der Waals surface area contributed by atoms with E-state index in [1.807, 2.05) is 32.9 Å². The van der Waals surface area contributed by atoms with Crippen LogP contribution in [0.3, 0.4) is 0 Å². The van der Waals surface area contributed by atoms with Gasteiger partial charge in [-0.3, -0.25) is 13.9 Å². The van der Waals surface area contributed by atoms with E-state index in [2.05, 4.69) is 26.1 Å². The fourth-order valence-corrected chi connectivity index (χ4v) is 5.25. The van der Waals surface area contributed by atoms with Gasteiger partial charge in [0.1, 0.15) is 12.6 Å². The van der Waals surface area contributed by atoms with E-state index in [9.17, 15) is 18.0 Å². The maximum absolute atomic E-state index is 13.8. The molecule has 1 N–H and O–H groups in total. The number of nitrogens with zero attached hydrogens (tertiary/aromatic N) is 2. The third-order valence-electron chi connectivity index (χ3n) is 6.44. The molecule has 0 unspecified atom stereocenters. The van der Waals surface area contributed by atoms with Gasteiger partial charge in [-0.1, -0.05) is 76.0 Å². The molecule has 2 aromatic rings. The summed E-state index contributed by atoms with van der Waals surface area (Å²) >= 11 is 12.5. The van der Waals surface area contributed by atoms with Gasteiger partial charge >= 0.3 is 0 Å². The SMILES string of the molecule is CC[C@@H](C)NC(=O)[C@H](CC)N(Cc1ccc(Cl)cc1Cl)C(=O)CN(c1ccc(C(C)(C)C)cc1)S(C)(=O)=O.